The zero-order valence-corrected chi connectivity index (χ0v) is 22.6. The molecule has 3 aromatic heterocycles. The number of nitrogens with one attached hydrogen (secondary N) is 2. The van der Waals surface area contributed by atoms with Crippen molar-refractivity contribution in [2.45, 2.75) is 6.54 Å². The van der Waals surface area contributed by atoms with E-state index in [1.165, 1.54) is 18.5 Å². The smallest absolute Gasteiger partial charge is 0.229 e. The first-order valence-corrected chi connectivity index (χ1v) is 14.3. The number of hydrogen-bond donors (Lipinski definition) is 2. The molecule has 0 aliphatic rings. The van der Waals surface area contributed by atoms with Crippen molar-refractivity contribution in [3.63, 3.8) is 0 Å². The van der Waals surface area contributed by atoms with Crippen LogP contribution in [-0.2, 0) is 16.6 Å². The summed E-state index contributed by atoms with van der Waals surface area (Å²) < 4.78 is 41.0. The summed E-state index contributed by atoms with van der Waals surface area (Å²) in [6, 6.07) is 19.5. The largest absolute Gasteiger partial charge is 0.340 e. The fourth-order valence-electron chi connectivity index (χ4n) is 4.40. The van der Waals surface area contributed by atoms with Gasteiger partial charge in [-0.25, -0.2) is 27.8 Å². The molecular weight excluding hydrogens is 553 g/mol. The SMILES string of the molecule is CS(=O)(=O)Nc1cc(-c2ccc3ncnc(Nc4ccc5c(cnn5Cc5ccc(F)cc5)c4)c3c2)cnc1Cl. The van der Waals surface area contributed by atoms with Gasteiger partial charge in [-0.3, -0.25) is 9.40 Å². The van der Waals surface area contributed by atoms with Gasteiger partial charge in [-0.15, -0.1) is 0 Å². The topological polar surface area (TPSA) is 115 Å². The number of sulfonamides is 1. The lowest BCUT2D eigenvalue weighted by Crippen LogP contribution is -2.10. The second kappa shape index (κ2) is 10.2. The molecule has 0 saturated carbocycles. The molecule has 6 aromatic rings. The predicted molar refractivity (Wildman–Crippen MR) is 155 cm³/mol. The van der Waals surface area contributed by atoms with E-state index in [0.29, 0.717) is 17.9 Å². The van der Waals surface area contributed by atoms with Crippen molar-refractivity contribution in [1.29, 1.82) is 0 Å². The fraction of sp³-hybridized carbons (Fsp3) is 0.0714. The van der Waals surface area contributed by atoms with Gasteiger partial charge >= 0.3 is 0 Å². The van der Waals surface area contributed by atoms with Gasteiger partial charge in [0.1, 0.15) is 18.0 Å². The highest BCUT2D eigenvalue weighted by atomic mass is 35.5. The maximum Gasteiger partial charge on any atom is 0.229 e. The number of anilines is 3. The van der Waals surface area contributed by atoms with Crippen molar-refractivity contribution in [3.05, 3.63) is 102 Å². The minimum Gasteiger partial charge on any atom is -0.340 e. The summed E-state index contributed by atoms with van der Waals surface area (Å²) in [6.45, 7) is 0.525. The second-order valence-corrected chi connectivity index (χ2v) is 11.3. The number of fused-ring (bicyclic) bond motifs is 2. The molecule has 0 spiro atoms. The summed E-state index contributed by atoms with van der Waals surface area (Å²) in [5.74, 6) is 0.328. The average molecular weight is 574 g/mol. The highest BCUT2D eigenvalue weighted by Gasteiger charge is 2.12. The first-order chi connectivity index (χ1) is 19.2. The Hall–Kier alpha value is -4.61. The Balaban J connectivity index is 1.31. The second-order valence-electron chi connectivity index (χ2n) is 9.22. The number of halogens is 2. The van der Waals surface area contributed by atoms with Crippen molar-refractivity contribution in [2.24, 2.45) is 0 Å². The van der Waals surface area contributed by atoms with Gasteiger partial charge in [-0.1, -0.05) is 29.8 Å². The van der Waals surface area contributed by atoms with Crippen LogP contribution in [0.5, 0.6) is 0 Å². The Morgan fingerprint density at radius 2 is 1.75 bits per heavy atom. The van der Waals surface area contributed by atoms with Gasteiger partial charge in [-0.05, 0) is 59.7 Å². The van der Waals surface area contributed by atoms with Crippen LogP contribution in [0.15, 0.2) is 85.5 Å². The molecule has 0 unspecified atom stereocenters. The minimum absolute atomic E-state index is 0.0528. The maximum atomic E-state index is 13.3. The number of aromatic nitrogens is 5. The van der Waals surface area contributed by atoms with Crippen LogP contribution >= 0.6 is 11.6 Å². The van der Waals surface area contributed by atoms with Crippen LogP contribution in [0.25, 0.3) is 32.9 Å². The van der Waals surface area contributed by atoms with Gasteiger partial charge in [0.25, 0.3) is 0 Å². The molecule has 0 bridgehead atoms. The maximum absolute atomic E-state index is 13.3. The van der Waals surface area contributed by atoms with Gasteiger partial charge in [-0.2, -0.15) is 5.10 Å². The van der Waals surface area contributed by atoms with Gasteiger partial charge in [0.15, 0.2) is 5.15 Å². The minimum atomic E-state index is -3.53. The Morgan fingerprint density at radius 1 is 0.925 bits per heavy atom. The third kappa shape index (κ3) is 5.42. The van der Waals surface area contributed by atoms with E-state index < -0.39 is 10.0 Å². The highest BCUT2D eigenvalue weighted by molar-refractivity contribution is 7.92. The number of hydrogen-bond acceptors (Lipinski definition) is 7. The van der Waals surface area contributed by atoms with Gasteiger partial charge in [0, 0.05) is 28.2 Å². The molecule has 2 N–H and O–H groups in total. The standard InChI is InChI=1S/C28H21ClFN7O2S/c1-40(38,39)36-25-12-19(13-31-27(25)29)18-4-8-24-23(11-18)28(33-16-32-24)35-22-7-9-26-20(10-22)14-34-37(26)15-17-2-5-21(30)6-3-17/h2-14,16,36H,15H2,1H3,(H,32,33,35). The molecule has 0 aliphatic heterocycles. The lowest BCUT2D eigenvalue weighted by atomic mass is 10.0. The highest BCUT2D eigenvalue weighted by Crippen LogP contribution is 2.32. The van der Waals surface area contributed by atoms with Gasteiger partial charge in [0.2, 0.25) is 10.0 Å². The van der Waals surface area contributed by atoms with Crippen LogP contribution in [0.2, 0.25) is 5.15 Å². The third-order valence-electron chi connectivity index (χ3n) is 6.25. The van der Waals surface area contributed by atoms with Gasteiger partial charge < -0.3 is 5.32 Å². The zero-order chi connectivity index (χ0) is 27.9. The van der Waals surface area contributed by atoms with E-state index >= 15 is 0 Å². The zero-order valence-electron chi connectivity index (χ0n) is 21.0. The number of rotatable bonds is 7. The van der Waals surface area contributed by atoms with Crippen molar-refractivity contribution < 1.29 is 12.8 Å². The lowest BCUT2D eigenvalue weighted by molar-refractivity contribution is 0.606. The molecule has 12 heteroatoms. The fourth-order valence-corrected chi connectivity index (χ4v) is 5.17. The molecule has 0 radical (unpaired) electrons. The van der Waals surface area contributed by atoms with Crippen molar-refractivity contribution in [3.8, 4) is 11.1 Å². The van der Waals surface area contributed by atoms with Gasteiger partial charge in [0.05, 0.1) is 35.7 Å². The van der Waals surface area contributed by atoms with E-state index in [1.54, 1.807) is 30.6 Å². The van der Waals surface area contributed by atoms with E-state index in [-0.39, 0.29) is 16.7 Å². The first-order valence-electron chi connectivity index (χ1n) is 12.1. The Kier molecular flexibility index (Phi) is 6.53. The molecule has 200 valence electrons. The average Bonchev–Trinajstić information content (AvgIpc) is 3.32. The van der Waals surface area contributed by atoms with E-state index in [1.807, 2.05) is 41.1 Å². The number of benzene rings is 3. The van der Waals surface area contributed by atoms with Crippen molar-refractivity contribution in [1.82, 2.24) is 24.7 Å². The quantitative estimate of drug-likeness (QED) is 0.225. The molecular formula is C28H21ClFN7O2S. The molecule has 6 rings (SSSR count). The summed E-state index contributed by atoms with van der Waals surface area (Å²) in [4.78, 5) is 13.0. The van der Waals surface area contributed by atoms with Crippen LogP contribution in [-0.4, -0.2) is 39.4 Å². The monoisotopic (exact) mass is 573 g/mol. The third-order valence-corrected chi connectivity index (χ3v) is 7.15. The summed E-state index contributed by atoms with van der Waals surface area (Å²) >= 11 is 6.10. The molecule has 3 heterocycles. The van der Waals surface area contributed by atoms with Crippen molar-refractivity contribution in [2.75, 3.05) is 16.3 Å². The van der Waals surface area contributed by atoms with Crippen LogP contribution < -0.4 is 10.0 Å². The Bertz CT molecular complexity index is 2000. The van der Waals surface area contributed by atoms with Crippen LogP contribution in [0, 0.1) is 5.82 Å². The number of pyridine rings is 1. The van der Waals surface area contributed by atoms with E-state index in [0.717, 1.165) is 44.9 Å². The summed E-state index contributed by atoms with van der Waals surface area (Å²) in [5, 5.41) is 9.63. The van der Waals surface area contributed by atoms with E-state index in [9.17, 15) is 12.8 Å². The van der Waals surface area contributed by atoms with Crippen LogP contribution in [0.4, 0.5) is 21.6 Å². The normalized spacial score (nSPS) is 11.7. The molecule has 0 amide bonds. The van der Waals surface area contributed by atoms with Crippen LogP contribution in [0.3, 0.4) is 0 Å². The lowest BCUT2D eigenvalue weighted by Gasteiger charge is -2.11. The molecule has 3 aromatic carbocycles. The summed E-state index contributed by atoms with van der Waals surface area (Å²) in [6.07, 6.45) is 5.90. The molecule has 0 saturated heterocycles. The molecule has 9 nitrogen and oxygen atoms in total. The Labute approximate surface area is 233 Å². The molecule has 0 fully saturated rings. The molecule has 40 heavy (non-hydrogen) atoms. The Morgan fingerprint density at radius 3 is 2.55 bits per heavy atom. The first kappa shape index (κ1) is 25.7. The molecule has 0 atom stereocenters. The molecule has 0 aliphatic carbocycles. The summed E-state index contributed by atoms with van der Waals surface area (Å²) in [7, 11) is -3.53. The van der Waals surface area contributed by atoms with E-state index in [4.69, 9.17) is 11.6 Å². The predicted octanol–water partition coefficient (Wildman–Crippen LogP) is 6.00. The van der Waals surface area contributed by atoms with E-state index in [2.05, 4.69) is 30.1 Å². The van der Waals surface area contributed by atoms with Crippen molar-refractivity contribution >= 4 is 60.6 Å². The summed E-state index contributed by atoms with van der Waals surface area (Å²) in [5.41, 5.74) is 5.08. The number of nitrogens with zero attached hydrogens (tertiary/aromatic N) is 5. The van der Waals surface area contributed by atoms with Crippen LogP contribution in [0.1, 0.15) is 5.56 Å².